The maximum atomic E-state index is 14.4. The van der Waals surface area contributed by atoms with Crippen molar-refractivity contribution in [2.75, 3.05) is 32.1 Å². The fraction of sp³-hybridized carbons (Fsp3) is 0.316. The number of benzene rings is 1. The maximum Gasteiger partial charge on any atom is 0.337 e. The molecular formula is C19H21FN4O5. The molecule has 1 aromatic heterocycles. The molecule has 0 spiro atoms. The number of methoxy groups -OCH3 is 1. The predicted molar refractivity (Wildman–Crippen MR) is 100 cm³/mol. The highest BCUT2D eigenvalue weighted by atomic mass is 19.1. The molecule has 0 bridgehead atoms. The number of β-amino-alcohol motifs (C(OH)–C–C–N with tert-alkyl or cyclic N) is 1. The van der Waals surface area contributed by atoms with E-state index in [0.29, 0.717) is 0 Å². The first kappa shape index (κ1) is 20.3. The summed E-state index contributed by atoms with van der Waals surface area (Å²) in [6.45, 7) is -0.0281. The van der Waals surface area contributed by atoms with Gasteiger partial charge in [0, 0.05) is 31.5 Å². The van der Waals surface area contributed by atoms with E-state index in [1.54, 1.807) is 24.0 Å². The molecule has 0 unspecified atom stereocenters. The number of aryl methyl sites for hydroxylation is 1. The van der Waals surface area contributed by atoms with Crippen molar-refractivity contribution in [1.82, 2.24) is 14.7 Å². The number of rotatable bonds is 8. The number of amides is 1. The molecule has 154 valence electrons. The number of esters is 1. The molecule has 2 aromatic rings. The number of hydrogen-bond acceptors (Lipinski definition) is 7. The molecule has 29 heavy (non-hydrogen) atoms. The summed E-state index contributed by atoms with van der Waals surface area (Å²) in [6, 6.07) is 5.89. The van der Waals surface area contributed by atoms with Crippen LogP contribution in [0.2, 0.25) is 0 Å². The van der Waals surface area contributed by atoms with E-state index in [4.69, 9.17) is 14.6 Å². The number of halogens is 1. The first-order valence-electron chi connectivity index (χ1n) is 8.82. The summed E-state index contributed by atoms with van der Waals surface area (Å²) in [5.41, 5.74) is 1.15. The van der Waals surface area contributed by atoms with Crippen molar-refractivity contribution in [2.45, 2.75) is 6.61 Å². The Kier molecular flexibility index (Phi) is 6.13. The quantitative estimate of drug-likeness (QED) is 0.627. The van der Waals surface area contributed by atoms with Gasteiger partial charge in [-0.2, -0.15) is 5.10 Å². The predicted octanol–water partition coefficient (Wildman–Crippen LogP) is 0.812. The summed E-state index contributed by atoms with van der Waals surface area (Å²) in [6.07, 6.45) is 1.62. The molecule has 1 aliphatic heterocycles. The topological polar surface area (TPSA) is 106 Å². The van der Waals surface area contributed by atoms with Gasteiger partial charge in [-0.1, -0.05) is 0 Å². The number of carbonyl (C=O) groups excluding carboxylic acids is 2. The summed E-state index contributed by atoms with van der Waals surface area (Å²) in [4.78, 5) is 25.8. The van der Waals surface area contributed by atoms with E-state index in [1.807, 2.05) is 0 Å². The third-order valence-electron chi connectivity index (χ3n) is 4.45. The van der Waals surface area contributed by atoms with Gasteiger partial charge in [0.1, 0.15) is 12.3 Å². The van der Waals surface area contributed by atoms with Crippen LogP contribution in [0, 0.1) is 5.82 Å². The molecular weight excluding hydrogens is 383 g/mol. The largest absolute Gasteiger partial charge is 0.484 e. The van der Waals surface area contributed by atoms with Crippen molar-refractivity contribution in [3.8, 4) is 5.75 Å². The number of nitrogens with one attached hydrogen (secondary N) is 1. The minimum absolute atomic E-state index is 0.00276. The zero-order valence-electron chi connectivity index (χ0n) is 16.0. The second-order valence-corrected chi connectivity index (χ2v) is 6.30. The lowest BCUT2D eigenvalue weighted by atomic mass is 10.2. The third-order valence-corrected chi connectivity index (χ3v) is 4.45. The molecule has 2 heterocycles. The lowest BCUT2D eigenvalue weighted by molar-refractivity contribution is -0.136. The Morgan fingerprint density at radius 1 is 1.38 bits per heavy atom. The highest BCUT2D eigenvalue weighted by molar-refractivity contribution is 6.08. The molecule has 9 nitrogen and oxygen atoms in total. The van der Waals surface area contributed by atoms with Crippen LogP contribution in [0.5, 0.6) is 5.75 Å². The van der Waals surface area contributed by atoms with Gasteiger partial charge in [-0.05, 0) is 18.2 Å². The van der Waals surface area contributed by atoms with E-state index in [-0.39, 0.29) is 49.0 Å². The summed E-state index contributed by atoms with van der Waals surface area (Å²) in [7, 11) is 2.97. The van der Waals surface area contributed by atoms with E-state index in [9.17, 15) is 14.0 Å². The number of ether oxygens (including phenoxy) is 2. The van der Waals surface area contributed by atoms with Gasteiger partial charge in [0.15, 0.2) is 11.6 Å². The highest BCUT2D eigenvalue weighted by Gasteiger charge is 2.34. The van der Waals surface area contributed by atoms with Crippen LogP contribution in [-0.2, 0) is 28.0 Å². The average molecular weight is 404 g/mol. The smallest absolute Gasteiger partial charge is 0.337 e. The Balaban J connectivity index is 1.76. The van der Waals surface area contributed by atoms with Crippen LogP contribution in [-0.4, -0.2) is 58.5 Å². The number of hydrogen-bond donors (Lipinski definition) is 2. The molecule has 0 aliphatic carbocycles. The van der Waals surface area contributed by atoms with Crippen LogP contribution < -0.4 is 10.1 Å². The van der Waals surface area contributed by atoms with Crippen molar-refractivity contribution in [3.05, 3.63) is 53.2 Å². The summed E-state index contributed by atoms with van der Waals surface area (Å²) >= 11 is 0. The fourth-order valence-electron chi connectivity index (χ4n) is 2.88. The normalized spacial score (nSPS) is 13.8. The van der Waals surface area contributed by atoms with Gasteiger partial charge < -0.3 is 24.8 Å². The fourth-order valence-corrected chi connectivity index (χ4v) is 2.88. The molecule has 2 N–H and O–H groups in total. The minimum atomic E-state index is -0.669. The first-order chi connectivity index (χ1) is 13.9. The van der Waals surface area contributed by atoms with Gasteiger partial charge in [0.25, 0.3) is 5.91 Å². The summed E-state index contributed by atoms with van der Waals surface area (Å²) in [5, 5.41) is 15.9. The van der Waals surface area contributed by atoms with Gasteiger partial charge >= 0.3 is 5.97 Å². The zero-order chi connectivity index (χ0) is 21.0. The SMILES string of the molecule is COC(=O)C1=C(Nc2ccc(OCc3ccnn3C)c(F)c2)C(=O)N(CCO)C1. The molecule has 0 saturated carbocycles. The second-order valence-electron chi connectivity index (χ2n) is 6.30. The summed E-state index contributed by atoms with van der Waals surface area (Å²) in [5.74, 6) is -1.73. The number of anilines is 1. The zero-order valence-corrected chi connectivity index (χ0v) is 16.0. The maximum absolute atomic E-state index is 14.4. The van der Waals surface area contributed by atoms with Crippen molar-refractivity contribution in [2.24, 2.45) is 7.05 Å². The monoisotopic (exact) mass is 404 g/mol. The summed E-state index contributed by atoms with van der Waals surface area (Å²) < 4.78 is 26.3. The van der Waals surface area contributed by atoms with Crippen LogP contribution in [0.1, 0.15) is 5.69 Å². The number of nitrogens with zero attached hydrogens (tertiary/aromatic N) is 3. The van der Waals surface area contributed by atoms with Crippen LogP contribution in [0.15, 0.2) is 41.7 Å². The first-order valence-corrected chi connectivity index (χ1v) is 8.82. The Bertz CT molecular complexity index is 956. The van der Waals surface area contributed by atoms with Crippen molar-refractivity contribution in [3.63, 3.8) is 0 Å². The molecule has 0 fully saturated rings. The van der Waals surface area contributed by atoms with Gasteiger partial charge in [-0.25, -0.2) is 9.18 Å². The second kappa shape index (κ2) is 8.74. The van der Waals surface area contributed by atoms with Crippen LogP contribution in [0.25, 0.3) is 0 Å². The number of aliphatic hydroxyl groups is 1. The molecule has 0 saturated heterocycles. The average Bonchev–Trinajstić information content (AvgIpc) is 3.25. The van der Waals surface area contributed by atoms with E-state index >= 15 is 0 Å². The minimum Gasteiger partial charge on any atom is -0.484 e. The van der Waals surface area contributed by atoms with Crippen LogP contribution >= 0.6 is 0 Å². The van der Waals surface area contributed by atoms with Crippen LogP contribution in [0.3, 0.4) is 0 Å². The van der Waals surface area contributed by atoms with Crippen molar-refractivity contribution >= 4 is 17.6 Å². The molecule has 1 aliphatic rings. The van der Waals surface area contributed by atoms with Gasteiger partial charge in [-0.15, -0.1) is 0 Å². The molecule has 1 aromatic carbocycles. The Morgan fingerprint density at radius 3 is 2.79 bits per heavy atom. The van der Waals surface area contributed by atoms with Crippen molar-refractivity contribution in [1.29, 1.82) is 0 Å². The lowest BCUT2D eigenvalue weighted by Gasteiger charge is -2.15. The molecule has 3 rings (SSSR count). The number of aromatic nitrogens is 2. The number of carbonyl (C=O) groups is 2. The van der Waals surface area contributed by atoms with E-state index in [2.05, 4.69) is 10.4 Å². The number of aliphatic hydroxyl groups excluding tert-OH is 1. The highest BCUT2D eigenvalue weighted by Crippen LogP contribution is 2.26. The van der Waals surface area contributed by atoms with Crippen LogP contribution in [0.4, 0.5) is 10.1 Å². The van der Waals surface area contributed by atoms with E-state index < -0.39 is 17.7 Å². The van der Waals surface area contributed by atoms with E-state index in [0.717, 1.165) is 5.69 Å². The molecule has 0 radical (unpaired) electrons. The Labute approximate surface area is 166 Å². The standard InChI is InChI=1S/C19H21FN4O5/c1-23-13(5-6-21-23)11-29-16-4-3-12(9-15(16)20)22-17-14(19(27)28-2)10-24(7-8-25)18(17)26/h3-6,9,22,25H,7-8,10-11H2,1-2H3. The van der Waals surface area contributed by atoms with E-state index in [1.165, 1.54) is 30.2 Å². The molecule has 10 heteroatoms. The van der Waals surface area contributed by atoms with Gasteiger partial charge in [0.2, 0.25) is 0 Å². The Morgan fingerprint density at radius 2 is 2.17 bits per heavy atom. The molecule has 1 amide bonds. The Hall–Kier alpha value is -3.40. The van der Waals surface area contributed by atoms with Gasteiger partial charge in [-0.3, -0.25) is 9.48 Å². The molecule has 0 atom stereocenters. The lowest BCUT2D eigenvalue weighted by Crippen LogP contribution is -2.31. The third kappa shape index (κ3) is 4.37. The van der Waals surface area contributed by atoms with Gasteiger partial charge in [0.05, 0.1) is 31.5 Å². The van der Waals surface area contributed by atoms with Crippen molar-refractivity contribution < 1.29 is 28.6 Å².